The second kappa shape index (κ2) is 11.8. The second-order valence-corrected chi connectivity index (χ2v) is 9.81. The van der Waals surface area contributed by atoms with E-state index in [1.54, 1.807) is 6.26 Å². The molecular weight excluding hydrogens is 432 g/mol. The summed E-state index contributed by atoms with van der Waals surface area (Å²) in [4.78, 5) is 13.0. The number of aryl methyl sites for hydroxylation is 1. The lowest BCUT2D eigenvalue weighted by molar-refractivity contribution is -0.211. The zero-order valence-corrected chi connectivity index (χ0v) is 19.4. The third-order valence-electron chi connectivity index (χ3n) is 6.53. The Balaban J connectivity index is 1.60. The first-order valence-corrected chi connectivity index (χ1v) is 12.6. The van der Waals surface area contributed by atoms with E-state index in [4.69, 9.17) is 4.74 Å². The van der Waals surface area contributed by atoms with E-state index >= 15 is 0 Å². The van der Waals surface area contributed by atoms with Crippen LogP contribution in [0.4, 0.5) is 0 Å². The molecular formula is C23H36N2O6S. The van der Waals surface area contributed by atoms with Crippen molar-refractivity contribution in [3.63, 3.8) is 0 Å². The van der Waals surface area contributed by atoms with Gasteiger partial charge in [-0.25, -0.2) is 0 Å². The van der Waals surface area contributed by atoms with Crippen LogP contribution in [-0.4, -0.2) is 87.2 Å². The smallest absolute Gasteiger partial charge is 0.237 e. The summed E-state index contributed by atoms with van der Waals surface area (Å²) in [5.41, 5.74) is 0.514. The van der Waals surface area contributed by atoms with E-state index in [-0.39, 0.29) is 5.91 Å². The predicted octanol–water partition coefficient (Wildman–Crippen LogP) is 0.0236. The lowest BCUT2D eigenvalue weighted by Gasteiger charge is -2.44. The maximum Gasteiger partial charge on any atom is 0.237 e. The maximum absolute atomic E-state index is 13.0. The van der Waals surface area contributed by atoms with E-state index in [0.29, 0.717) is 12.3 Å². The highest BCUT2D eigenvalue weighted by molar-refractivity contribution is 7.99. The van der Waals surface area contributed by atoms with Crippen molar-refractivity contribution in [1.82, 2.24) is 10.6 Å². The summed E-state index contributed by atoms with van der Waals surface area (Å²) in [6.45, 7) is 2.24. The fourth-order valence-electron chi connectivity index (χ4n) is 4.58. The van der Waals surface area contributed by atoms with Crippen LogP contribution < -0.4 is 10.6 Å². The van der Waals surface area contributed by atoms with E-state index in [1.807, 2.05) is 18.2 Å². The molecule has 2 aliphatic rings. The van der Waals surface area contributed by atoms with Gasteiger partial charge in [-0.15, -0.1) is 11.8 Å². The minimum atomic E-state index is -1.44. The summed E-state index contributed by atoms with van der Waals surface area (Å²) in [5, 5.41) is 47.2. The van der Waals surface area contributed by atoms with Crippen molar-refractivity contribution >= 4 is 17.7 Å². The molecule has 9 atom stereocenters. The van der Waals surface area contributed by atoms with Crippen molar-refractivity contribution in [3.8, 4) is 0 Å². The van der Waals surface area contributed by atoms with E-state index in [9.17, 15) is 25.2 Å². The first kappa shape index (κ1) is 25.4. The molecule has 8 nitrogen and oxygen atoms in total. The molecule has 6 N–H and O–H groups in total. The van der Waals surface area contributed by atoms with Gasteiger partial charge in [0.2, 0.25) is 5.91 Å². The number of piperidine rings is 1. The number of carbonyl (C=O) groups excluding carboxylic acids is 1. The van der Waals surface area contributed by atoms with Gasteiger partial charge in [0.05, 0.1) is 18.2 Å². The molecule has 1 aromatic carbocycles. The second-order valence-electron chi connectivity index (χ2n) is 8.87. The Morgan fingerprint density at radius 1 is 1.22 bits per heavy atom. The van der Waals surface area contributed by atoms with E-state index in [1.165, 1.54) is 24.2 Å². The van der Waals surface area contributed by atoms with Gasteiger partial charge in [-0.1, -0.05) is 30.3 Å². The van der Waals surface area contributed by atoms with Gasteiger partial charge in [0.15, 0.2) is 0 Å². The number of nitrogens with one attached hydrogen (secondary N) is 2. The number of amides is 1. The average molecular weight is 469 g/mol. The topological polar surface area (TPSA) is 131 Å². The molecule has 1 amide bonds. The third-order valence-corrected chi connectivity index (χ3v) is 7.39. The van der Waals surface area contributed by atoms with E-state index in [2.05, 4.69) is 22.8 Å². The van der Waals surface area contributed by atoms with Crippen molar-refractivity contribution in [2.75, 3.05) is 12.8 Å². The summed E-state index contributed by atoms with van der Waals surface area (Å²) in [6, 6.07) is 8.95. The van der Waals surface area contributed by atoms with Crippen molar-refractivity contribution in [2.45, 2.75) is 80.6 Å². The number of hydrogen-bond donors (Lipinski definition) is 6. The van der Waals surface area contributed by atoms with Crippen molar-refractivity contribution in [1.29, 1.82) is 0 Å². The normalized spacial score (nSPS) is 35.1. The van der Waals surface area contributed by atoms with Crippen LogP contribution in [-0.2, 0) is 16.0 Å². The minimum absolute atomic E-state index is 0.266. The number of ether oxygens (including phenoxy) is 1. The van der Waals surface area contributed by atoms with Gasteiger partial charge < -0.3 is 35.8 Å². The van der Waals surface area contributed by atoms with Crippen LogP contribution >= 0.6 is 11.8 Å². The monoisotopic (exact) mass is 468 g/mol. The fraction of sp³-hybridized carbons (Fsp3) is 0.696. The molecule has 0 spiro atoms. The minimum Gasteiger partial charge on any atom is -0.391 e. The molecule has 2 unspecified atom stereocenters. The zero-order chi connectivity index (χ0) is 23.3. The summed E-state index contributed by atoms with van der Waals surface area (Å²) in [6.07, 6.45) is -0.833. The molecule has 2 aliphatic heterocycles. The van der Waals surface area contributed by atoms with Crippen LogP contribution in [0.5, 0.6) is 0 Å². The van der Waals surface area contributed by atoms with Crippen LogP contribution in [0.3, 0.4) is 0 Å². The molecule has 32 heavy (non-hydrogen) atoms. The predicted molar refractivity (Wildman–Crippen MR) is 123 cm³/mol. The van der Waals surface area contributed by atoms with Crippen molar-refractivity contribution in [3.05, 3.63) is 35.9 Å². The highest BCUT2D eigenvalue weighted by Gasteiger charge is 2.48. The maximum atomic E-state index is 13.0. The summed E-state index contributed by atoms with van der Waals surface area (Å²) in [7, 11) is 0. The molecule has 0 bridgehead atoms. The van der Waals surface area contributed by atoms with Crippen LogP contribution in [0.1, 0.15) is 31.7 Å². The molecule has 0 aliphatic carbocycles. The van der Waals surface area contributed by atoms with Gasteiger partial charge in [-0.05, 0) is 56.9 Å². The van der Waals surface area contributed by atoms with Crippen molar-refractivity contribution < 1.29 is 30.0 Å². The molecule has 0 radical (unpaired) electrons. The Hall–Kier alpha value is -1.20. The summed E-state index contributed by atoms with van der Waals surface area (Å²) in [5.74, 6) is 0.143. The van der Waals surface area contributed by atoms with E-state index < -0.39 is 48.0 Å². The standard InChI is InChI=1S/C23H36N2O6S/c1-13(26)17(21-19(28)18(27)20(29)23(31-21)32-2)25-22(30)16-12-15(10-11-24-16)9-8-14-6-4-3-5-7-14/h3-7,13,15-21,23-24,26-29H,8-12H2,1-2H3,(H,25,30)/t13-,15?,16?,17-,18+,19-,20-,21-,23-/m1/s1. The van der Waals surface area contributed by atoms with Crippen LogP contribution in [0.15, 0.2) is 30.3 Å². The van der Waals surface area contributed by atoms with Gasteiger partial charge in [-0.3, -0.25) is 4.79 Å². The Labute approximate surface area is 193 Å². The zero-order valence-electron chi connectivity index (χ0n) is 18.6. The fourth-order valence-corrected chi connectivity index (χ4v) is 5.26. The molecule has 9 heteroatoms. The molecule has 0 aromatic heterocycles. The quantitative estimate of drug-likeness (QED) is 0.315. The lowest BCUT2D eigenvalue weighted by atomic mass is 9.86. The van der Waals surface area contributed by atoms with Crippen LogP contribution in [0.2, 0.25) is 0 Å². The highest BCUT2D eigenvalue weighted by atomic mass is 32.2. The molecule has 2 saturated heterocycles. The lowest BCUT2D eigenvalue weighted by Crippen LogP contribution is -2.66. The number of aliphatic hydroxyl groups is 4. The molecule has 180 valence electrons. The molecule has 0 saturated carbocycles. The molecule has 3 rings (SSSR count). The number of thioether (sulfide) groups is 1. The summed E-state index contributed by atoms with van der Waals surface area (Å²) < 4.78 is 5.76. The van der Waals surface area contributed by atoms with Gasteiger partial charge in [0.1, 0.15) is 29.9 Å². The van der Waals surface area contributed by atoms with Gasteiger partial charge in [-0.2, -0.15) is 0 Å². The summed E-state index contributed by atoms with van der Waals surface area (Å²) >= 11 is 1.19. The third kappa shape index (κ3) is 6.22. The van der Waals surface area contributed by atoms with Gasteiger partial charge in [0.25, 0.3) is 0 Å². The number of aliphatic hydroxyl groups excluding tert-OH is 4. The highest BCUT2D eigenvalue weighted by Crippen LogP contribution is 2.30. The van der Waals surface area contributed by atoms with E-state index in [0.717, 1.165) is 25.8 Å². The SMILES string of the molecule is CS[C@H]1O[C@H]([C@H](NC(=O)C2CC(CCc3ccccc3)CCN2)[C@@H](C)O)[C@H](O)[C@H](O)[C@H]1O. The molecule has 1 aromatic rings. The number of benzene rings is 1. The Morgan fingerprint density at radius 3 is 2.59 bits per heavy atom. The first-order valence-electron chi connectivity index (χ1n) is 11.3. The Kier molecular flexibility index (Phi) is 9.36. The van der Waals surface area contributed by atoms with Crippen LogP contribution in [0, 0.1) is 5.92 Å². The first-order chi connectivity index (χ1) is 15.3. The largest absolute Gasteiger partial charge is 0.391 e. The Morgan fingerprint density at radius 2 is 1.94 bits per heavy atom. The number of carbonyl (C=O) groups is 1. The van der Waals surface area contributed by atoms with Crippen LogP contribution in [0.25, 0.3) is 0 Å². The van der Waals surface area contributed by atoms with Gasteiger partial charge >= 0.3 is 0 Å². The van der Waals surface area contributed by atoms with Gasteiger partial charge in [0, 0.05) is 0 Å². The number of hydrogen-bond acceptors (Lipinski definition) is 8. The number of rotatable bonds is 8. The Bertz CT molecular complexity index is 722. The molecule has 2 fully saturated rings. The molecule has 2 heterocycles. The van der Waals surface area contributed by atoms with Crippen molar-refractivity contribution in [2.24, 2.45) is 5.92 Å². The average Bonchev–Trinajstić information content (AvgIpc) is 2.81.